The Labute approximate surface area is 177 Å². The van der Waals surface area contributed by atoms with Gasteiger partial charge in [-0.3, -0.25) is 9.10 Å². The van der Waals surface area contributed by atoms with Gasteiger partial charge in [0.1, 0.15) is 0 Å². The Hall–Kier alpha value is -3.18. The third-order valence-electron chi connectivity index (χ3n) is 5.45. The normalized spacial score (nSPS) is 19.2. The molecule has 0 saturated carbocycles. The lowest BCUT2D eigenvalue weighted by Gasteiger charge is -2.37. The molecule has 2 atom stereocenters. The van der Waals surface area contributed by atoms with E-state index in [4.69, 9.17) is 0 Å². The number of Topliss-reactive ketones (excluding diaryl/α,β-unsaturated/α-hetero) is 1. The molecule has 3 aromatic rings. The van der Waals surface area contributed by atoms with Crippen LogP contribution in [0, 0.1) is 5.92 Å². The largest absolute Gasteiger partial charge is 0.294 e. The summed E-state index contributed by atoms with van der Waals surface area (Å²) in [4.78, 5) is 13.4. The fourth-order valence-electron chi connectivity index (χ4n) is 3.99. The van der Waals surface area contributed by atoms with E-state index in [0.717, 1.165) is 11.1 Å². The van der Waals surface area contributed by atoms with Crippen LogP contribution >= 0.6 is 0 Å². The van der Waals surface area contributed by atoms with Crippen molar-refractivity contribution in [2.75, 3.05) is 12.8 Å². The highest BCUT2D eigenvalue weighted by atomic mass is 32.2. The fourth-order valence-corrected chi connectivity index (χ4v) is 4.94. The molecule has 0 saturated heterocycles. The van der Waals surface area contributed by atoms with Gasteiger partial charge in [0.05, 0.1) is 17.9 Å². The van der Waals surface area contributed by atoms with E-state index in [0.29, 0.717) is 11.3 Å². The summed E-state index contributed by atoms with van der Waals surface area (Å²) in [5.41, 5.74) is 3.01. The van der Waals surface area contributed by atoms with Crippen molar-refractivity contribution in [3.63, 3.8) is 0 Å². The molecule has 1 aliphatic rings. The van der Waals surface area contributed by atoms with Crippen molar-refractivity contribution < 1.29 is 13.2 Å². The predicted octanol–water partition coefficient (Wildman–Crippen LogP) is 4.59. The molecule has 5 heteroatoms. The summed E-state index contributed by atoms with van der Waals surface area (Å²) in [5.74, 6) is -0.800. The zero-order chi connectivity index (χ0) is 21.1. The van der Waals surface area contributed by atoms with Gasteiger partial charge in [0.15, 0.2) is 5.78 Å². The number of carbonyl (C=O) groups excluding carboxylic acids is 1. The third-order valence-corrected chi connectivity index (χ3v) is 6.60. The second kappa shape index (κ2) is 8.28. The third kappa shape index (κ3) is 4.07. The maximum atomic E-state index is 13.4. The molecule has 1 aliphatic heterocycles. The van der Waals surface area contributed by atoms with Crippen LogP contribution in [-0.2, 0) is 10.0 Å². The van der Waals surface area contributed by atoms with Gasteiger partial charge >= 0.3 is 0 Å². The summed E-state index contributed by atoms with van der Waals surface area (Å²) in [6.45, 7) is 0.104. The first-order valence-electron chi connectivity index (χ1n) is 9.84. The summed E-state index contributed by atoms with van der Waals surface area (Å²) in [7, 11) is -3.56. The van der Waals surface area contributed by atoms with E-state index in [1.807, 2.05) is 84.9 Å². The maximum Gasteiger partial charge on any atom is 0.232 e. The van der Waals surface area contributed by atoms with Gasteiger partial charge in [-0.1, -0.05) is 97.1 Å². The topological polar surface area (TPSA) is 54.5 Å². The SMILES string of the molecule is CS(=O)(=O)N1CC(C(=O)c2ccccc2)C(c2ccccc2)C=C1c1ccccc1. The molecule has 0 aromatic heterocycles. The summed E-state index contributed by atoms with van der Waals surface area (Å²) < 4.78 is 26.8. The molecule has 152 valence electrons. The number of nitrogens with zero attached hydrogens (tertiary/aromatic N) is 1. The van der Waals surface area contributed by atoms with Gasteiger partial charge in [0, 0.05) is 18.0 Å². The fraction of sp³-hybridized carbons (Fsp3) is 0.160. The molecule has 0 spiro atoms. The van der Waals surface area contributed by atoms with Crippen LogP contribution in [0.25, 0.3) is 5.70 Å². The molecule has 4 nitrogen and oxygen atoms in total. The molecule has 0 N–H and O–H groups in total. The number of allylic oxidation sites excluding steroid dienone is 1. The minimum Gasteiger partial charge on any atom is -0.294 e. The first kappa shape index (κ1) is 20.1. The average molecular weight is 418 g/mol. The van der Waals surface area contributed by atoms with Crippen molar-refractivity contribution in [3.8, 4) is 0 Å². The van der Waals surface area contributed by atoms with Gasteiger partial charge in [0.2, 0.25) is 10.0 Å². The lowest BCUT2D eigenvalue weighted by atomic mass is 9.78. The summed E-state index contributed by atoms with van der Waals surface area (Å²) >= 11 is 0. The lowest BCUT2D eigenvalue weighted by molar-refractivity contribution is 0.0896. The molecule has 0 bridgehead atoms. The van der Waals surface area contributed by atoms with Gasteiger partial charge in [-0.15, -0.1) is 0 Å². The first-order chi connectivity index (χ1) is 14.4. The Balaban J connectivity index is 1.88. The predicted molar refractivity (Wildman–Crippen MR) is 119 cm³/mol. The Morgan fingerprint density at radius 2 is 1.37 bits per heavy atom. The van der Waals surface area contributed by atoms with E-state index >= 15 is 0 Å². The molecule has 0 radical (unpaired) electrons. The zero-order valence-corrected chi connectivity index (χ0v) is 17.5. The quantitative estimate of drug-likeness (QED) is 0.571. The van der Waals surface area contributed by atoms with Crippen LogP contribution in [0.1, 0.15) is 27.4 Å². The van der Waals surface area contributed by atoms with Crippen molar-refractivity contribution >= 4 is 21.5 Å². The Bertz CT molecular complexity index is 1160. The molecule has 0 aliphatic carbocycles. The first-order valence-corrected chi connectivity index (χ1v) is 11.7. The highest BCUT2D eigenvalue weighted by Gasteiger charge is 2.38. The van der Waals surface area contributed by atoms with E-state index in [-0.39, 0.29) is 18.2 Å². The number of hydrogen-bond acceptors (Lipinski definition) is 3. The van der Waals surface area contributed by atoms with Gasteiger partial charge in [0.25, 0.3) is 0 Å². The van der Waals surface area contributed by atoms with E-state index in [1.165, 1.54) is 10.6 Å². The molecule has 3 aromatic carbocycles. The van der Waals surface area contributed by atoms with Gasteiger partial charge in [-0.25, -0.2) is 8.42 Å². The van der Waals surface area contributed by atoms with E-state index in [2.05, 4.69) is 0 Å². The van der Waals surface area contributed by atoms with Gasteiger partial charge < -0.3 is 0 Å². The van der Waals surface area contributed by atoms with Crippen LogP contribution in [0.4, 0.5) is 0 Å². The minimum atomic E-state index is -3.56. The Morgan fingerprint density at radius 1 is 0.833 bits per heavy atom. The van der Waals surface area contributed by atoms with Crippen LogP contribution in [0.15, 0.2) is 97.1 Å². The number of hydrogen-bond donors (Lipinski definition) is 0. The molecule has 4 rings (SSSR count). The van der Waals surface area contributed by atoms with Crippen molar-refractivity contribution in [1.29, 1.82) is 0 Å². The number of benzene rings is 3. The average Bonchev–Trinajstić information content (AvgIpc) is 2.79. The Morgan fingerprint density at radius 3 is 1.93 bits per heavy atom. The lowest BCUT2D eigenvalue weighted by Crippen LogP contribution is -2.42. The maximum absolute atomic E-state index is 13.4. The van der Waals surface area contributed by atoms with E-state index in [1.54, 1.807) is 12.1 Å². The van der Waals surface area contributed by atoms with Crippen molar-refractivity contribution in [2.45, 2.75) is 5.92 Å². The second-order valence-electron chi connectivity index (χ2n) is 7.49. The zero-order valence-electron chi connectivity index (χ0n) is 16.7. The smallest absolute Gasteiger partial charge is 0.232 e. The number of sulfonamides is 1. The molecular weight excluding hydrogens is 394 g/mol. The van der Waals surface area contributed by atoms with E-state index < -0.39 is 15.9 Å². The van der Waals surface area contributed by atoms with Crippen molar-refractivity contribution in [3.05, 3.63) is 114 Å². The molecule has 1 heterocycles. The van der Waals surface area contributed by atoms with Crippen molar-refractivity contribution in [1.82, 2.24) is 4.31 Å². The number of ketones is 1. The van der Waals surface area contributed by atoms with Crippen molar-refractivity contribution in [2.24, 2.45) is 5.92 Å². The van der Waals surface area contributed by atoms with Gasteiger partial charge in [-0.2, -0.15) is 0 Å². The molecule has 0 fully saturated rings. The van der Waals surface area contributed by atoms with Crippen LogP contribution < -0.4 is 0 Å². The highest BCUT2D eigenvalue weighted by Crippen LogP contribution is 2.39. The highest BCUT2D eigenvalue weighted by molar-refractivity contribution is 7.88. The van der Waals surface area contributed by atoms with Gasteiger partial charge in [-0.05, 0) is 11.1 Å². The monoisotopic (exact) mass is 417 g/mol. The summed E-state index contributed by atoms with van der Waals surface area (Å²) in [6, 6.07) is 28.3. The standard InChI is InChI=1S/C25H23NO3S/c1-30(28,29)26-18-23(25(27)21-15-9-4-10-16-21)22(19-11-5-2-6-12-19)17-24(26)20-13-7-3-8-14-20/h2-17,22-23H,18H2,1H3. The Kier molecular flexibility index (Phi) is 5.55. The second-order valence-corrected chi connectivity index (χ2v) is 9.39. The summed E-state index contributed by atoms with van der Waals surface area (Å²) in [5, 5.41) is 0. The van der Waals surface area contributed by atoms with Crippen LogP contribution in [-0.4, -0.2) is 31.3 Å². The van der Waals surface area contributed by atoms with Crippen LogP contribution in [0.2, 0.25) is 0 Å². The minimum absolute atomic E-state index is 0.0542. The van der Waals surface area contributed by atoms with Crippen LogP contribution in [0.3, 0.4) is 0 Å². The molecule has 2 unspecified atom stereocenters. The number of carbonyl (C=O) groups is 1. The molecule has 30 heavy (non-hydrogen) atoms. The van der Waals surface area contributed by atoms with E-state index in [9.17, 15) is 13.2 Å². The molecule has 0 amide bonds. The molecular formula is C25H23NO3S. The van der Waals surface area contributed by atoms with Crippen LogP contribution in [0.5, 0.6) is 0 Å². The number of rotatable bonds is 5. The summed E-state index contributed by atoms with van der Waals surface area (Å²) in [6.07, 6.45) is 3.12.